The molecule has 2 N–H and O–H groups in total. The first-order valence-electron chi connectivity index (χ1n) is 7.49. The number of sulfonamides is 1. The van der Waals surface area contributed by atoms with Crippen LogP contribution in [0.3, 0.4) is 0 Å². The van der Waals surface area contributed by atoms with Crippen LogP contribution in [-0.4, -0.2) is 14.5 Å². The molecule has 116 valence electrons. The summed E-state index contributed by atoms with van der Waals surface area (Å²) < 4.78 is 27.7. The van der Waals surface area contributed by atoms with Crippen molar-refractivity contribution in [1.82, 2.24) is 0 Å². The molecule has 0 saturated heterocycles. The molecule has 0 spiro atoms. The van der Waals surface area contributed by atoms with E-state index < -0.39 is 10.0 Å². The smallest absolute Gasteiger partial charge is 0.261 e. The Morgan fingerprint density at radius 1 is 1.18 bits per heavy atom. The molecule has 0 fully saturated rings. The van der Waals surface area contributed by atoms with Gasteiger partial charge in [0.2, 0.25) is 0 Å². The number of benzene rings is 2. The van der Waals surface area contributed by atoms with Crippen LogP contribution in [0.4, 0.5) is 11.4 Å². The van der Waals surface area contributed by atoms with E-state index in [4.69, 9.17) is 0 Å². The van der Waals surface area contributed by atoms with Crippen molar-refractivity contribution in [3.63, 3.8) is 0 Å². The van der Waals surface area contributed by atoms with Crippen molar-refractivity contribution in [3.05, 3.63) is 53.6 Å². The minimum atomic E-state index is -3.55. The predicted octanol–water partition coefficient (Wildman–Crippen LogP) is 3.41. The lowest BCUT2D eigenvalue weighted by Crippen LogP contribution is -2.13. The molecule has 22 heavy (non-hydrogen) atoms. The van der Waals surface area contributed by atoms with Crippen molar-refractivity contribution in [2.45, 2.75) is 37.6 Å². The fourth-order valence-electron chi connectivity index (χ4n) is 2.72. The topological polar surface area (TPSA) is 58.2 Å². The highest BCUT2D eigenvalue weighted by Gasteiger charge is 2.21. The summed E-state index contributed by atoms with van der Waals surface area (Å²) in [6.45, 7) is 4.15. The zero-order valence-electron chi connectivity index (χ0n) is 12.8. The molecule has 4 nitrogen and oxygen atoms in total. The average molecular weight is 316 g/mol. The number of rotatable bonds is 4. The summed E-state index contributed by atoms with van der Waals surface area (Å²) in [6.07, 6.45) is 1.78. The van der Waals surface area contributed by atoms with Gasteiger partial charge in [0.05, 0.1) is 4.90 Å². The van der Waals surface area contributed by atoms with Crippen molar-refractivity contribution in [2.75, 3.05) is 10.0 Å². The first-order valence-corrected chi connectivity index (χ1v) is 8.97. The lowest BCUT2D eigenvalue weighted by Gasteiger charge is -2.10. The Labute approximate surface area is 131 Å². The van der Waals surface area contributed by atoms with E-state index >= 15 is 0 Å². The lowest BCUT2D eigenvalue weighted by atomic mass is 10.1. The molecule has 5 heteroatoms. The third-order valence-corrected chi connectivity index (χ3v) is 5.31. The molecule has 0 saturated carbocycles. The fourth-order valence-corrected chi connectivity index (χ4v) is 3.82. The van der Waals surface area contributed by atoms with E-state index in [-0.39, 0.29) is 0 Å². The van der Waals surface area contributed by atoms with Crippen LogP contribution in [0.5, 0.6) is 0 Å². The Hall–Kier alpha value is -2.01. The second-order valence-electron chi connectivity index (χ2n) is 5.72. The van der Waals surface area contributed by atoms with Gasteiger partial charge in [0.1, 0.15) is 0 Å². The van der Waals surface area contributed by atoms with Gasteiger partial charge >= 0.3 is 0 Å². The standard InChI is InChI=1S/C17H20N2O2S/c1-3-13-4-6-15(7-5-13)19-22(20,21)16-8-9-17-14(11-16)10-12(2)18-17/h4-9,11-12,18-19H,3,10H2,1-2H3. The largest absolute Gasteiger partial charge is 0.382 e. The summed E-state index contributed by atoms with van der Waals surface area (Å²) in [6, 6.07) is 13.1. The van der Waals surface area contributed by atoms with Crippen molar-refractivity contribution in [1.29, 1.82) is 0 Å². The zero-order valence-corrected chi connectivity index (χ0v) is 13.6. The Morgan fingerprint density at radius 3 is 2.59 bits per heavy atom. The molecule has 0 aliphatic carbocycles. The second kappa shape index (κ2) is 5.65. The minimum absolute atomic E-state index is 0.307. The zero-order chi connectivity index (χ0) is 15.7. The number of aryl methyl sites for hydroxylation is 1. The van der Waals surface area contributed by atoms with E-state index in [1.807, 2.05) is 18.2 Å². The normalized spacial score (nSPS) is 16.9. The van der Waals surface area contributed by atoms with Crippen LogP contribution in [0.1, 0.15) is 25.0 Å². The van der Waals surface area contributed by atoms with Gasteiger partial charge in [-0.1, -0.05) is 19.1 Å². The predicted molar refractivity (Wildman–Crippen MR) is 89.9 cm³/mol. The Kier molecular flexibility index (Phi) is 3.83. The second-order valence-corrected chi connectivity index (χ2v) is 7.41. The van der Waals surface area contributed by atoms with E-state index in [0.717, 1.165) is 24.1 Å². The molecule has 2 aromatic rings. The maximum Gasteiger partial charge on any atom is 0.261 e. The molecule has 0 radical (unpaired) electrons. The van der Waals surface area contributed by atoms with Crippen LogP contribution in [0.2, 0.25) is 0 Å². The van der Waals surface area contributed by atoms with Crippen molar-refractivity contribution in [3.8, 4) is 0 Å². The van der Waals surface area contributed by atoms with Crippen molar-refractivity contribution < 1.29 is 8.42 Å². The number of hydrogen-bond donors (Lipinski definition) is 2. The molecule has 0 bridgehead atoms. The van der Waals surface area contributed by atoms with Gasteiger partial charge in [-0.25, -0.2) is 8.42 Å². The molecule has 1 atom stereocenters. The number of hydrogen-bond acceptors (Lipinski definition) is 3. The van der Waals surface area contributed by atoms with E-state index in [2.05, 4.69) is 23.9 Å². The van der Waals surface area contributed by atoms with Gasteiger partial charge in [-0.15, -0.1) is 0 Å². The highest BCUT2D eigenvalue weighted by atomic mass is 32.2. The van der Waals surface area contributed by atoms with Gasteiger partial charge in [-0.3, -0.25) is 4.72 Å². The maximum absolute atomic E-state index is 12.5. The Balaban J connectivity index is 1.85. The van der Waals surface area contributed by atoms with Gasteiger partial charge < -0.3 is 5.32 Å². The van der Waals surface area contributed by atoms with Gasteiger partial charge in [-0.2, -0.15) is 0 Å². The van der Waals surface area contributed by atoms with Crippen LogP contribution in [0.25, 0.3) is 0 Å². The van der Waals surface area contributed by atoms with Crippen LogP contribution >= 0.6 is 0 Å². The molecule has 1 aliphatic rings. The lowest BCUT2D eigenvalue weighted by molar-refractivity contribution is 0.601. The monoisotopic (exact) mass is 316 g/mol. The molecule has 2 aromatic carbocycles. The molecule has 0 aromatic heterocycles. The summed E-state index contributed by atoms with van der Waals surface area (Å²) in [4.78, 5) is 0.307. The van der Waals surface area contributed by atoms with Crippen molar-refractivity contribution >= 4 is 21.4 Å². The molecule has 1 aliphatic heterocycles. The van der Waals surface area contributed by atoms with E-state index in [9.17, 15) is 8.42 Å². The Morgan fingerprint density at radius 2 is 1.91 bits per heavy atom. The molecular formula is C17H20N2O2S. The quantitative estimate of drug-likeness (QED) is 0.909. The summed E-state index contributed by atoms with van der Waals surface area (Å²) in [5, 5.41) is 3.32. The van der Waals surface area contributed by atoms with Gasteiger partial charge in [0, 0.05) is 17.4 Å². The highest BCUT2D eigenvalue weighted by Crippen LogP contribution is 2.28. The molecule has 1 unspecified atom stereocenters. The highest BCUT2D eigenvalue weighted by molar-refractivity contribution is 7.92. The maximum atomic E-state index is 12.5. The fraction of sp³-hybridized carbons (Fsp3) is 0.294. The van der Waals surface area contributed by atoms with Crippen LogP contribution < -0.4 is 10.0 Å². The summed E-state index contributed by atoms with van der Waals surface area (Å²) in [5.74, 6) is 0. The summed E-state index contributed by atoms with van der Waals surface area (Å²) in [5.41, 5.74) is 3.85. The molecule has 0 amide bonds. The van der Waals surface area contributed by atoms with Gasteiger partial charge in [-0.05, 0) is 61.2 Å². The third kappa shape index (κ3) is 2.95. The summed E-state index contributed by atoms with van der Waals surface area (Å²) >= 11 is 0. The first-order chi connectivity index (χ1) is 10.5. The van der Waals surface area contributed by atoms with Crippen LogP contribution in [0, 0.1) is 0 Å². The van der Waals surface area contributed by atoms with Gasteiger partial charge in [0.25, 0.3) is 10.0 Å². The molecule has 1 heterocycles. The van der Waals surface area contributed by atoms with Crippen LogP contribution in [-0.2, 0) is 22.9 Å². The third-order valence-electron chi connectivity index (χ3n) is 3.93. The first kappa shape index (κ1) is 14.9. The van der Waals surface area contributed by atoms with Crippen molar-refractivity contribution in [2.24, 2.45) is 0 Å². The molecular weight excluding hydrogens is 296 g/mol. The van der Waals surface area contributed by atoms with E-state index in [0.29, 0.717) is 16.6 Å². The van der Waals surface area contributed by atoms with Crippen LogP contribution in [0.15, 0.2) is 47.4 Å². The average Bonchev–Trinajstić information content (AvgIpc) is 2.86. The van der Waals surface area contributed by atoms with E-state index in [1.54, 1.807) is 24.3 Å². The molecule has 3 rings (SSSR count). The summed E-state index contributed by atoms with van der Waals surface area (Å²) in [7, 11) is -3.55. The Bertz CT molecular complexity index is 783. The van der Waals surface area contributed by atoms with E-state index in [1.165, 1.54) is 5.56 Å². The number of anilines is 2. The van der Waals surface area contributed by atoms with Gasteiger partial charge in [0.15, 0.2) is 0 Å². The SMILES string of the molecule is CCc1ccc(NS(=O)(=O)c2ccc3c(c2)CC(C)N3)cc1. The number of fused-ring (bicyclic) bond motifs is 1. The minimum Gasteiger partial charge on any atom is -0.382 e. The number of nitrogens with one attached hydrogen (secondary N) is 2.